The normalized spacial score (nSPS) is 11.6. The van der Waals surface area contributed by atoms with Gasteiger partial charge in [-0.3, -0.25) is 4.57 Å². The Labute approximate surface area is 252 Å². The Kier molecular flexibility index (Phi) is 5.43. The molecule has 3 aromatic heterocycles. The molecule has 0 saturated carbocycles. The molecule has 44 heavy (non-hydrogen) atoms. The minimum Gasteiger partial charge on any atom is -0.456 e. The monoisotopic (exact) mass is 564 g/mol. The van der Waals surface area contributed by atoms with Crippen molar-refractivity contribution in [1.82, 2.24) is 19.5 Å². The molecule has 0 radical (unpaired) electrons. The lowest BCUT2D eigenvalue weighted by Crippen LogP contribution is -2.06. The van der Waals surface area contributed by atoms with Crippen LogP contribution in [-0.4, -0.2) is 19.5 Å². The van der Waals surface area contributed by atoms with Crippen LogP contribution in [0.5, 0.6) is 0 Å². The summed E-state index contributed by atoms with van der Waals surface area (Å²) in [5.41, 5.74) is 7.91. The van der Waals surface area contributed by atoms with Crippen molar-refractivity contribution in [2.75, 3.05) is 0 Å². The highest BCUT2D eigenvalue weighted by Crippen LogP contribution is 2.44. The molecule has 0 aliphatic rings. The molecule has 6 aromatic carbocycles. The summed E-state index contributed by atoms with van der Waals surface area (Å²) >= 11 is 0. The maximum absolute atomic E-state index is 6.49. The first-order valence-corrected chi connectivity index (χ1v) is 14.6. The molecule has 206 valence electrons. The van der Waals surface area contributed by atoms with Crippen molar-refractivity contribution in [2.45, 2.75) is 0 Å². The predicted octanol–water partition coefficient (Wildman–Crippen LogP) is 9.87. The zero-order valence-corrected chi connectivity index (χ0v) is 23.6. The Morgan fingerprint density at radius 2 is 1.00 bits per heavy atom. The Hall–Kier alpha value is -6.07. The number of aromatic nitrogens is 4. The molecule has 5 nitrogen and oxygen atoms in total. The maximum atomic E-state index is 6.49. The van der Waals surface area contributed by atoms with Crippen molar-refractivity contribution in [2.24, 2.45) is 0 Å². The van der Waals surface area contributed by atoms with Crippen LogP contribution < -0.4 is 0 Å². The lowest BCUT2D eigenvalue weighted by molar-refractivity contribution is 0.669. The molecule has 0 aliphatic carbocycles. The van der Waals surface area contributed by atoms with Gasteiger partial charge in [0.05, 0.1) is 11.0 Å². The van der Waals surface area contributed by atoms with Crippen LogP contribution in [-0.2, 0) is 0 Å². The fourth-order valence-corrected chi connectivity index (χ4v) is 6.34. The van der Waals surface area contributed by atoms with Gasteiger partial charge in [-0.15, -0.1) is 0 Å². The van der Waals surface area contributed by atoms with E-state index in [0.29, 0.717) is 17.6 Å². The summed E-state index contributed by atoms with van der Waals surface area (Å²) in [4.78, 5) is 15.1. The highest BCUT2D eigenvalue weighted by Gasteiger charge is 2.22. The minimum atomic E-state index is 0.569. The molecule has 0 spiro atoms. The summed E-state index contributed by atoms with van der Waals surface area (Å²) in [7, 11) is 0. The number of para-hydroxylation sites is 1. The van der Waals surface area contributed by atoms with Gasteiger partial charge in [-0.2, -0.15) is 9.97 Å². The quantitative estimate of drug-likeness (QED) is 0.213. The average Bonchev–Trinajstić information content (AvgIpc) is 3.65. The lowest BCUT2D eigenvalue weighted by Gasteiger charge is -2.10. The largest absolute Gasteiger partial charge is 0.456 e. The van der Waals surface area contributed by atoms with Gasteiger partial charge >= 0.3 is 0 Å². The van der Waals surface area contributed by atoms with E-state index in [-0.39, 0.29) is 0 Å². The van der Waals surface area contributed by atoms with E-state index in [1.165, 1.54) is 0 Å². The molecular formula is C39H24N4O. The second-order valence-electron chi connectivity index (χ2n) is 10.8. The summed E-state index contributed by atoms with van der Waals surface area (Å²) in [5, 5.41) is 4.42. The van der Waals surface area contributed by atoms with Crippen LogP contribution in [0.25, 0.3) is 83.6 Å². The summed E-state index contributed by atoms with van der Waals surface area (Å²) < 4.78 is 8.65. The van der Waals surface area contributed by atoms with Gasteiger partial charge in [0, 0.05) is 32.7 Å². The first kappa shape index (κ1) is 24.5. The van der Waals surface area contributed by atoms with Gasteiger partial charge in [-0.1, -0.05) is 121 Å². The number of hydrogen-bond acceptors (Lipinski definition) is 4. The topological polar surface area (TPSA) is 56.7 Å². The lowest BCUT2D eigenvalue weighted by atomic mass is 9.97. The maximum Gasteiger partial charge on any atom is 0.238 e. The number of nitrogens with zero attached hydrogens (tertiary/aromatic N) is 4. The molecule has 0 N–H and O–H groups in total. The number of furan rings is 1. The highest BCUT2D eigenvalue weighted by molar-refractivity contribution is 6.29. The van der Waals surface area contributed by atoms with Gasteiger partial charge in [0.15, 0.2) is 11.6 Å². The number of benzene rings is 6. The van der Waals surface area contributed by atoms with Crippen LogP contribution in [0.3, 0.4) is 0 Å². The van der Waals surface area contributed by atoms with E-state index in [1.54, 1.807) is 0 Å². The number of fused-ring (bicyclic) bond motifs is 7. The molecule has 5 heteroatoms. The van der Waals surface area contributed by atoms with Crippen molar-refractivity contribution in [3.8, 4) is 39.9 Å². The second kappa shape index (κ2) is 9.75. The highest BCUT2D eigenvalue weighted by atomic mass is 16.3. The molecule has 0 amide bonds. The third-order valence-electron chi connectivity index (χ3n) is 8.27. The summed E-state index contributed by atoms with van der Waals surface area (Å²) in [6.45, 7) is 0. The van der Waals surface area contributed by atoms with Gasteiger partial charge in [0.2, 0.25) is 5.95 Å². The Morgan fingerprint density at radius 3 is 1.68 bits per heavy atom. The molecule has 0 bridgehead atoms. The molecule has 9 rings (SSSR count). The van der Waals surface area contributed by atoms with Crippen LogP contribution in [0.1, 0.15) is 0 Å². The number of rotatable bonds is 4. The third kappa shape index (κ3) is 3.76. The average molecular weight is 565 g/mol. The van der Waals surface area contributed by atoms with Crippen LogP contribution in [0.2, 0.25) is 0 Å². The van der Waals surface area contributed by atoms with Gasteiger partial charge in [-0.05, 0) is 35.4 Å². The van der Waals surface area contributed by atoms with E-state index < -0.39 is 0 Å². The van der Waals surface area contributed by atoms with E-state index in [1.807, 2.05) is 66.7 Å². The third-order valence-corrected chi connectivity index (χ3v) is 8.27. The zero-order valence-electron chi connectivity index (χ0n) is 23.6. The van der Waals surface area contributed by atoms with Crippen molar-refractivity contribution in [3.63, 3.8) is 0 Å². The Morgan fingerprint density at radius 1 is 0.409 bits per heavy atom. The van der Waals surface area contributed by atoms with Crippen molar-refractivity contribution >= 4 is 43.7 Å². The minimum absolute atomic E-state index is 0.569. The van der Waals surface area contributed by atoms with Crippen LogP contribution >= 0.6 is 0 Å². The molecule has 3 heterocycles. The van der Waals surface area contributed by atoms with Crippen LogP contribution in [0.15, 0.2) is 150 Å². The Bertz CT molecular complexity index is 2420. The van der Waals surface area contributed by atoms with E-state index in [4.69, 9.17) is 19.4 Å². The van der Waals surface area contributed by atoms with Crippen LogP contribution in [0, 0.1) is 0 Å². The predicted molar refractivity (Wildman–Crippen MR) is 178 cm³/mol. The first-order chi connectivity index (χ1) is 21.8. The van der Waals surface area contributed by atoms with Crippen molar-refractivity contribution in [3.05, 3.63) is 146 Å². The molecular weight excluding hydrogens is 540 g/mol. The van der Waals surface area contributed by atoms with Crippen LogP contribution in [0.4, 0.5) is 0 Å². The van der Waals surface area contributed by atoms with Gasteiger partial charge < -0.3 is 4.42 Å². The van der Waals surface area contributed by atoms with E-state index >= 15 is 0 Å². The molecule has 0 aliphatic heterocycles. The van der Waals surface area contributed by atoms with Crippen molar-refractivity contribution < 1.29 is 4.42 Å². The van der Waals surface area contributed by atoms with Gasteiger partial charge in [0.25, 0.3) is 0 Å². The van der Waals surface area contributed by atoms with E-state index in [2.05, 4.69) is 83.4 Å². The SMILES string of the molecule is c1ccc(-c2nc(-c3ccccc3)nc(-n3c4ccccc4c4c5c(ccc43)oc3cccc(-c4ccccc4)c35)n2)cc1. The smallest absolute Gasteiger partial charge is 0.238 e. The fraction of sp³-hybridized carbons (Fsp3) is 0. The number of hydrogen-bond donors (Lipinski definition) is 0. The summed E-state index contributed by atoms with van der Waals surface area (Å²) in [5.74, 6) is 1.82. The van der Waals surface area contributed by atoms with E-state index in [9.17, 15) is 0 Å². The molecule has 9 aromatic rings. The summed E-state index contributed by atoms with van der Waals surface area (Å²) in [6.07, 6.45) is 0. The van der Waals surface area contributed by atoms with Gasteiger partial charge in [0.1, 0.15) is 11.2 Å². The molecule has 0 saturated heterocycles. The molecule has 0 unspecified atom stereocenters. The first-order valence-electron chi connectivity index (χ1n) is 14.6. The fourth-order valence-electron chi connectivity index (χ4n) is 6.34. The van der Waals surface area contributed by atoms with E-state index in [0.717, 1.165) is 66.0 Å². The zero-order chi connectivity index (χ0) is 29.0. The Balaban J connectivity index is 1.41. The molecule has 0 fully saturated rings. The van der Waals surface area contributed by atoms with Gasteiger partial charge in [-0.25, -0.2) is 4.98 Å². The second-order valence-corrected chi connectivity index (χ2v) is 10.8. The van der Waals surface area contributed by atoms with Crippen molar-refractivity contribution in [1.29, 1.82) is 0 Å². The summed E-state index contributed by atoms with van der Waals surface area (Å²) in [6, 6.07) is 49.6. The molecule has 0 atom stereocenters. The standard InChI is InChI=1S/C39H24N4O/c1-4-13-25(14-5-1)28-20-12-22-32-35(28)36-33(44-32)24-23-31-34(36)29-19-10-11-21-30(29)43(31)39-41-37(26-15-6-2-7-16-26)40-38(42-39)27-17-8-3-9-18-27/h1-24H.